The first kappa shape index (κ1) is 15.0. The molecule has 0 aliphatic heterocycles. The molecule has 1 atom stereocenters. The predicted octanol–water partition coefficient (Wildman–Crippen LogP) is 5.28. The maximum Gasteiger partial charge on any atom is 0.271 e. The van der Waals surface area contributed by atoms with Crippen molar-refractivity contribution in [2.45, 2.75) is 13.0 Å². The topological polar surface area (TPSA) is 55.2 Å². The number of anilines is 1. The number of thiophene rings is 1. The fourth-order valence-electron chi connectivity index (χ4n) is 1.70. The molecule has 1 N–H and O–H groups in total. The Kier molecular flexibility index (Phi) is 4.47. The van der Waals surface area contributed by atoms with Crippen molar-refractivity contribution >= 4 is 45.9 Å². The standard InChI is InChI=1S/C12H9Cl2FN2O2S/c1-6(8-5-11(13)20-12(8)14)16-10-4-7(17(18)19)2-3-9(10)15/h2-6,16H,1H3. The summed E-state index contributed by atoms with van der Waals surface area (Å²) in [4.78, 5) is 10.1. The summed E-state index contributed by atoms with van der Waals surface area (Å²) in [6, 6.07) is 4.66. The van der Waals surface area contributed by atoms with Gasteiger partial charge in [0.25, 0.3) is 5.69 Å². The molecule has 1 aromatic heterocycles. The number of nitrogens with zero attached hydrogens (tertiary/aromatic N) is 1. The zero-order valence-corrected chi connectivity index (χ0v) is 12.5. The van der Waals surface area contributed by atoms with E-state index in [0.29, 0.717) is 14.2 Å². The molecule has 0 fully saturated rings. The van der Waals surface area contributed by atoms with Crippen molar-refractivity contribution in [3.63, 3.8) is 0 Å². The molecular formula is C12H9Cl2FN2O2S. The first-order chi connectivity index (χ1) is 9.38. The number of hydrogen-bond acceptors (Lipinski definition) is 4. The van der Waals surface area contributed by atoms with E-state index in [9.17, 15) is 14.5 Å². The summed E-state index contributed by atoms with van der Waals surface area (Å²) in [5.74, 6) is -0.570. The van der Waals surface area contributed by atoms with Gasteiger partial charge in [0, 0.05) is 17.7 Å². The van der Waals surface area contributed by atoms with E-state index in [-0.39, 0.29) is 17.4 Å². The normalized spacial score (nSPS) is 12.2. The summed E-state index contributed by atoms with van der Waals surface area (Å²) in [5.41, 5.74) is 0.577. The number of non-ortho nitro benzene ring substituents is 1. The van der Waals surface area contributed by atoms with E-state index in [1.54, 1.807) is 13.0 Å². The largest absolute Gasteiger partial charge is 0.376 e. The van der Waals surface area contributed by atoms with Gasteiger partial charge in [-0.05, 0) is 19.1 Å². The number of rotatable bonds is 4. The van der Waals surface area contributed by atoms with Crippen LogP contribution in [0, 0.1) is 15.9 Å². The maximum absolute atomic E-state index is 13.7. The van der Waals surface area contributed by atoms with Crippen LogP contribution in [0.25, 0.3) is 0 Å². The van der Waals surface area contributed by atoms with Crippen LogP contribution in [0.5, 0.6) is 0 Å². The summed E-state index contributed by atoms with van der Waals surface area (Å²) >= 11 is 13.1. The van der Waals surface area contributed by atoms with Crippen molar-refractivity contribution in [2.75, 3.05) is 5.32 Å². The first-order valence-corrected chi connectivity index (χ1v) is 7.11. The lowest BCUT2D eigenvalue weighted by atomic mass is 10.1. The molecule has 0 saturated heterocycles. The smallest absolute Gasteiger partial charge is 0.271 e. The van der Waals surface area contributed by atoms with Gasteiger partial charge < -0.3 is 5.32 Å². The molecule has 0 spiro atoms. The Morgan fingerprint density at radius 1 is 1.40 bits per heavy atom. The molecule has 0 amide bonds. The second-order valence-electron chi connectivity index (χ2n) is 4.07. The van der Waals surface area contributed by atoms with Gasteiger partial charge in [0.15, 0.2) is 0 Å². The molecule has 106 valence electrons. The summed E-state index contributed by atoms with van der Waals surface area (Å²) in [5, 5.41) is 13.6. The lowest BCUT2D eigenvalue weighted by Gasteiger charge is -2.15. The van der Waals surface area contributed by atoms with Crippen LogP contribution in [0.1, 0.15) is 18.5 Å². The third-order valence-corrected chi connectivity index (χ3v) is 4.20. The Balaban J connectivity index is 2.27. The molecule has 1 unspecified atom stereocenters. The second-order valence-corrected chi connectivity index (χ2v) is 6.35. The summed E-state index contributed by atoms with van der Waals surface area (Å²) in [6.45, 7) is 1.77. The van der Waals surface area contributed by atoms with Crippen LogP contribution in [0.4, 0.5) is 15.8 Å². The van der Waals surface area contributed by atoms with Gasteiger partial charge in [-0.3, -0.25) is 10.1 Å². The molecule has 0 aliphatic rings. The molecule has 4 nitrogen and oxygen atoms in total. The number of nitro groups is 1. The van der Waals surface area contributed by atoms with Crippen LogP contribution in [-0.4, -0.2) is 4.92 Å². The van der Waals surface area contributed by atoms with Gasteiger partial charge in [-0.1, -0.05) is 23.2 Å². The lowest BCUT2D eigenvalue weighted by molar-refractivity contribution is -0.384. The van der Waals surface area contributed by atoms with Crippen molar-refractivity contribution < 1.29 is 9.31 Å². The van der Waals surface area contributed by atoms with E-state index in [1.165, 1.54) is 11.3 Å². The van der Waals surface area contributed by atoms with Crippen molar-refractivity contribution in [1.29, 1.82) is 0 Å². The molecule has 0 radical (unpaired) electrons. The highest BCUT2D eigenvalue weighted by atomic mass is 35.5. The van der Waals surface area contributed by atoms with E-state index < -0.39 is 10.7 Å². The maximum atomic E-state index is 13.7. The predicted molar refractivity (Wildman–Crippen MR) is 79.4 cm³/mol. The molecule has 0 aliphatic carbocycles. The van der Waals surface area contributed by atoms with Gasteiger partial charge in [0.05, 0.1) is 25.3 Å². The molecule has 20 heavy (non-hydrogen) atoms. The van der Waals surface area contributed by atoms with Crippen molar-refractivity contribution in [1.82, 2.24) is 0 Å². The molecule has 0 bridgehead atoms. The SMILES string of the molecule is CC(Nc1cc([N+](=O)[O-])ccc1F)c1cc(Cl)sc1Cl. The Bertz CT molecular complexity index is 663. The van der Waals surface area contributed by atoms with Gasteiger partial charge in [0.2, 0.25) is 0 Å². The van der Waals surface area contributed by atoms with Gasteiger partial charge in [0.1, 0.15) is 5.82 Å². The van der Waals surface area contributed by atoms with E-state index in [4.69, 9.17) is 23.2 Å². The molecular weight excluding hydrogens is 326 g/mol. The van der Waals surface area contributed by atoms with Crippen LogP contribution >= 0.6 is 34.5 Å². The zero-order chi connectivity index (χ0) is 14.9. The minimum absolute atomic E-state index is 0.0464. The van der Waals surface area contributed by atoms with Crippen molar-refractivity contribution in [3.05, 3.63) is 54.4 Å². The highest BCUT2D eigenvalue weighted by Gasteiger charge is 2.17. The van der Waals surface area contributed by atoms with Gasteiger partial charge in [-0.25, -0.2) is 4.39 Å². The third kappa shape index (κ3) is 3.20. The number of nitrogens with one attached hydrogen (secondary N) is 1. The van der Waals surface area contributed by atoms with E-state index >= 15 is 0 Å². The highest BCUT2D eigenvalue weighted by molar-refractivity contribution is 7.20. The average Bonchev–Trinajstić information content (AvgIpc) is 2.71. The summed E-state index contributed by atoms with van der Waals surface area (Å²) in [6.07, 6.45) is 0. The Hall–Kier alpha value is -1.37. The Morgan fingerprint density at radius 3 is 2.65 bits per heavy atom. The van der Waals surface area contributed by atoms with E-state index in [0.717, 1.165) is 18.2 Å². The lowest BCUT2D eigenvalue weighted by Crippen LogP contribution is -2.08. The molecule has 2 rings (SSSR count). The van der Waals surface area contributed by atoms with Crippen LogP contribution in [-0.2, 0) is 0 Å². The minimum Gasteiger partial charge on any atom is -0.376 e. The van der Waals surface area contributed by atoms with Crippen LogP contribution in [0.15, 0.2) is 24.3 Å². The second kappa shape index (κ2) is 5.95. The summed E-state index contributed by atoms with van der Waals surface area (Å²) in [7, 11) is 0. The summed E-state index contributed by atoms with van der Waals surface area (Å²) < 4.78 is 14.7. The minimum atomic E-state index is -0.580. The number of nitro benzene ring substituents is 1. The monoisotopic (exact) mass is 334 g/mol. The third-order valence-electron chi connectivity index (χ3n) is 2.68. The highest BCUT2D eigenvalue weighted by Crippen LogP contribution is 2.36. The van der Waals surface area contributed by atoms with Crippen LogP contribution in [0.2, 0.25) is 8.67 Å². The number of halogens is 3. The molecule has 1 aromatic carbocycles. The molecule has 2 aromatic rings. The number of hydrogen-bond donors (Lipinski definition) is 1. The first-order valence-electron chi connectivity index (χ1n) is 5.53. The molecule has 0 saturated carbocycles. The molecule has 1 heterocycles. The van der Waals surface area contributed by atoms with Crippen molar-refractivity contribution in [2.24, 2.45) is 0 Å². The molecule has 8 heteroatoms. The van der Waals surface area contributed by atoms with E-state index in [1.807, 2.05) is 0 Å². The quantitative estimate of drug-likeness (QED) is 0.611. The van der Waals surface area contributed by atoms with Crippen LogP contribution < -0.4 is 5.32 Å². The van der Waals surface area contributed by atoms with Gasteiger partial charge in [-0.2, -0.15) is 0 Å². The number of benzene rings is 1. The van der Waals surface area contributed by atoms with Gasteiger partial charge >= 0.3 is 0 Å². The van der Waals surface area contributed by atoms with E-state index in [2.05, 4.69) is 5.32 Å². The Labute approximate surface area is 128 Å². The average molecular weight is 335 g/mol. The van der Waals surface area contributed by atoms with Crippen LogP contribution in [0.3, 0.4) is 0 Å². The fourth-order valence-corrected chi connectivity index (χ4v) is 3.34. The Morgan fingerprint density at radius 2 is 2.10 bits per heavy atom. The van der Waals surface area contributed by atoms with Crippen molar-refractivity contribution in [3.8, 4) is 0 Å². The zero-order valence-electron chi connectivity index (χ0n) is 10.2. The fraction of sp³-hybridized carbons (Fsp3) is 0.167. The van der Waals surface area contributed by atoms with Gasteiger partial charge in [-0.15, -0.1) is 11.3 Å².